The summed E-state index contributed by atoms with van der Waals surface area (Å²) in [7, 11) is -0.888. The van der Waals surface area contributed by atoms with Crippen LogP contribution in [-0.4, -0.2) is 38.3 Å². The number of carboxylic acid groups (broad SMARTS) is 1. The van der Waals surface area contributed by atoms with Crippen molar-refractivity contribution in [2.75, 3.05) is 18.1 Å². The van der Waals surface area contributed by atoms with E-state index in [0.717, 1.165) is 11.3 Å². The molecule has 1 rings (SSSR count). The lowest BCUT2D eigenvalue weighted by Crippen LogP contribution is -2.20. The fourth-order valence-corrected chi connectivity index (χ4v) is 1.78. The Labute approximate surface area is 94.0 Å². The zero-order valence-corrected chi connectivity index (χ0v) is 10.0. The molecule has 0 spiro atoms. The molecule has 2 unspecified atom stereocenters. The first-order valence-corrected chi connectivity index (χ1v) is 6.69. The Morgan fingerprint density at radius 1 is 1.80 bits per heavy atom. The molecular formula is C8H12N2O3S2. The number of carbonyl (C=O) groups is 1. The fourth-order valence-electron chi connectivity index (χ4n) is 0.803. The summed E-state index contributed by atoms with van der Waals surface area (Å²) >= 11 is 1.07. The highest BCUT2D eigenvalue weighted by atomic mass is 32.2. The molecule has 0 aromatic carbocycles. The van der Waals surface area contributed by atoms with Gasteiger partial charge in [0.1, 0.15) is 4.88 Å². The average molecular weight is 248 g/mol. The molecular weight excluding hydrogens is 236 g/mol. The van der Waals surface area contributed by atoms with Crippen LogP contribution in [0.2, 0.25) is 0 Å². The Bertz CT molecular complexity index is 378. The van der Waals surface area contributed by atoms with Crippen molar-refractivity contribution >= 4 is 33.2 Å². The van der Waals surface area contributed by atoms with Crippen LogP contribution in [0.1, 0.15) is 16.6 Å². The minimum Gasteiger partial charge on any atom is -0.477 e. The standard InChI is InChI=1S/C8H12N2O3S2/c1-5(15(2)13)3-9-8-10-4-6(14-8)7(11)12/h4-5H,3H2,1-2H3,(H,9,10)(H,11,12). The largest absolute Gasteiger partial charge is 0.477 e. The SMILES string of the molecule is CC(CNc1ncc(C(=O)O)s1)S(C)=O. The molecule has 0 amide bonds. The Hall–Kier alpha value is -0.950. The number of carboxylic acids is 1. The van der Waals surface area contributed by atoms with Gasteiger partial charge in [0.25, 0.3) is 0 Å². The second-order valence-corrected chi connectivity index (χ2v) is 5.86. The maximum absolute atomic E-state index is 11.0. The first-order chi connectivity index (χ1) is 7.00. The van der Waals surface area contributed by atoms with E-state index in [0.29, 0.717) is 11.7 Å². The quantitative estimate of drug-likeness (QED) is 0.813. The third-order valence-electron chi connectivity index (χ3n) is 1.82. The van der Waals surface area contributed by atoms with E-state index in [1.807, 2.05) is 6.92 Å². The van der Waals surface area contributed by atoms with Crippen molar-refractivity contribution in [3.63, 3.8) is 0 Å². The van der Waals surface area contributed by atoms with Gasteiger partial charge in [0.2, 0.25) is 0 Å². The van der Waals surface area contributed by atoms with E-state index in [1.54, 1.807) is 6.26 Å². The first kappa shape index (κ1) is 12.1. The second-order valence-electron chi connectivity index (χ2n) is 3.02. The molecule has 0 aliphatic heterocycles. The summed E-state index contributed by atoms with van der Waals surface area (Å²) in [5, 5.41) is 12.2. The summed E-state index contributed by atoms with van der Waals surface area (Å²) in [5.74, 6) is -0.979. The maximum atomic E-state index is 11.0. The van der Waals surface area contributed by atoms with Crippen molar-refractivity contribution in [2.24, 2.45) is 0 Å². The van der Waals surface area contributed by atoms with Crippen LogP contribution in [0.3, 0.4) is 0 Å². The first-order valence-electron chi connectivity index (χ1n) is 4.26. The normalized spacial score (nSPS) is 14.5. The van der Waals surface area contributed by atoms with E-state index >= 15 is 0 Å². The smallest absolute Gasteiger partial charge is 0.347 e. The zero-order valence-electron chi connectivity index (χ0n) is 8.39. The van der Waals surface area contributed by atoms with Crippen LogP contribution in [0.5, 0.6) is 0 Å². The summed E-state index contributed by atoms with van der Waals surface area (Å²) < 4.78 is 11.0. The van der Waals surface area contributed by atoms with Gasteiger partial charge in [0.05, 0.1) is 6.20 Å². The minimum absolute atomic E-state index is 0.0159. The van der Waals surface area contributed by atoms with Crippen LogP contribution in [0.25, 0.3) is 0 Å². The molecule has 7 heteroatoms. The number of hydrogen-bond donors (Lipinski definition) is 2. The molecule has 2 N–H and O–H groups in total. The van der Waals surface area contributed by atoms with E-state index in [1.165, 1.54) is 6.20 Å². The van der Waals surface area contributed by atoms with E-state index in [9.17, 15) is 9.00 Å². The summed E-state index contributed by atoms with van der Waals surface area (Å²) in [6.45, 7) is 2.38. The van der Waals surface area contributed by atoms with Gasteiger partial charge < -0.3 is 10.4 Å². The van der Waals surface area contributed by atoms with Crippen LogP contribution >= 0.6 is 11.3 Å². The van der Waals surface area contributed by atoms with Crippen LogP contribution in [0, 0.1) is 0 Å². The molecule has 2 atom stereocenters. The van der Waals surface area contributed by atoms with Crippen LogP contribution in [-0.2, 0) is 10.8 Å². The molecule has 0 aliphatic carbocycles. The molecule has 0 fully saturated rings. The lowest BCUT2D eigenvalue weighted by Gasteiger charge is -2.07. The van der Waals surface area contributed by atoms with Crippen molar-refractivity contribution in [3.05, 3.63) is 11.1 Å². The van der Waals surface area contributed by atoms with Crippen LogP contribution in [0.15, 0.2) is 6.20 Å². The van der Waals surface area contributed by atoms with E-state index in [-0.39, 0.29) is 10.1 Å². The summed E-state index contributed by atoms with van der Waals surface area (Å²) in [5.41, 5.74) is 0. The van der Waals surface area contributed by atoms with Gasteiger partial charge in [0.15, 0.2) is 5.13 Å². The lowest BCUT2D eigenvalue weighted by atomic mass is 10.5. The van der Waals surface area contributed by atoms with Crippen molar-refractivity contribution in [2.45, 2.75) is 12.2 Å². The number of thiazole rings is 1. The van der Waals surface area contributed by atoms with Crippen LogP contribution < -0.4 is 5.32 Å². The number of nitrogens with one attached hydrogen (secondary N) is 1. The van der Waals surface area contributed by atoms with Crippen molar-refractivity contribution in [1.29, 1.82) is 0 Å². The van der Waals surface area contributed by atoms with Gasteiger partial charge in [-0.25, -0.2) is 9.78 Å². The molecule has 1 aromatic rings. The molecule has 1 aromatic heterocycles. The molecule has 0 aliphatic rings. The average Bonchev–Trinajstić information content (AvgIpc) is 2.62. The maximum Gasteiger partial charge on any atom is 0.347 e. The Balaban J connectivity index is 2.51. The van der Waals surface area contributed by atoms with Gasteiger partial charge in [-0.15, -0.1) is 0 Å². The molecule has 0 bridgehead atoms. The summed E-state index contributed by atoms with van der Waals surface area (Å²) in [4.78, 5) is 14.6. The number of aromatic nitrogens is 1. The number of nitrogens with zero attached hydrogens (tertiary/aromatic N) is 1. The Morgan fingerprint density at radius 3 is 2.93 bits per heavy atom. The number of hydrogen-bond acceptors (Lipinski definition) is 5. The third kappa shape index (κ3) is 3.60. The molecule has 0 radical (unpaired) electrons. The molecule has 0 saturated carbocycles. The van der Waals surface area contributed by atoms with E-state index < -0.39 is 16.8 Å². The highest BCUT2D eigenvalue weighted by molar-refractivity contribution is 7.84. The van der Waals surface area contributed by atoms with Gasteiger partial charge in [-0.2, -0.15) is 0 Å². The molecule has 15 heavy (non-hydrogen) atoms. The van der Waals surface area contributed by atoms with Gasteiger partial charge in [-0.1, -0.05) is 11.3 Å². The highest BCUT2D eigenvalue weighted by Crippen LogP contribution is 2.17. The van der Waals surface area contributed by atoms with E-state index in [2.05, 4.69) is 10.3 Å². The lowest BCUT2D eigenvalue weighted by molar-refractivity contribution is 0.0702. The third-order valence-corrected chi connectivity index (χ3v) is 4.07. The predicted octanol–water partition coefficient (Wildman–Crippen LogP) is 1.02. The molecule has 0 saturated heterocycles. The molecule has 5 nitrogen and oxygen atoms in total. The summed E-state index contributed by atoms with van der Waals surface area (Å²) in [6.07, 6.45) is 2.94. The second kappa shape index (κ2) is 5.22. The summed E-state index contributed by atoms with van der Waals surface area (Å²) in [6, 6.07) is 0. The number of rotatable bonds is 5. The van der Waals surface area contributed by atoms with Crippen molar-refractivity contribution < 1.29 is 14.1 Å². The highest BCUT2D eigenvalue weighted by Gasteiger charge is 2.10. The number of aromatic carboxylic acids is 1. The van der Waals surface area contributed by atoms with Crippen molar-refractivity contribution in [3.8, 4) is 0 Å². The topological polar surface area (TPSA) is 79.3 Å². The van der Waals surface area contributed by atoms with Gasteiger partial charge in [-0.3, -0.25) is 4.21 Å². The zero-order chi connectivity index (χ0) is 11.4. The van der Waals surface area contributed by atoms with Gasteiger partial charge in [0, 0.05) is 28.9 Å². The van der Waals surface area contributed by atoms with E-state index in [4.69, 9.17) is 5.11 Å². The molecule has 1 heterocycles. The fraction of sp³-hybridized carbons (Fsp3) is 0.500. The van der Waals surface area contributed by atoms with Gasteiger partial charge >= 0.3 is 5.97 Å². The van der Waals surface area contributed by atoms with Gasteiger partial charge in [-0.05, 0) is 6.92 Å². The predicted molar refractivity (Wildman–Crippen MR) is 61.1 cm³/mol. The Kier molecular flexibility index (Phi) is 4.22. The van der Waals surface area contributed by atoms with Crippen molar-refractivity contribution in [1.82, 2.24) is 4.98 Å². The molecule has 84 valence electrons. The van der Waals surface area contributed by atoms with Crippen LogP contribution in [0.4, 0.5) is 5.13 Å². The number of anilines is 1. The minimum atomic E-state index is -0.979. The Morgan fingerprint density at radius 2 is 2.47 bits per heavy atom. The monoisotopic (exact) mass is 248 g/mol.